The maximum absolute atomic E-state index is 11.6. The number of hydrogen-bond acceptors (Lipinski definition) is 5. The first-order valence-corrected chi connectivity index (χ1v) is 6.51. The molecule has 0 unspecified atom stereocenters. The van der Waals surface area contributed by atoms with Crippen LogP contribution in [0.5, 0.6) is 5.88 Å². The predicted octanol–water partition coefficient (Wildman–Crippen LogP) is 2.90. The average molecular weight is 322 g/mol. The van der Waals surface area contributed by atoms with Crippen molar-refractivity contribution < 1.29 is 24.2 Å². The molecule has 1 N–H and O–H groups in total. The van der Waals surface area contributed by atoms with Crippen LogP contribution in [0.1, 0.15) is 20.7 Å². The van der Waals surface area contributed by atoms with Crippen LogP contribution in [0.15, 0.2) is 30.5 Å². The molecule has 1 heterocycles. The summed E-state index contributed by atoms with van der Waals surface area (Å²) in [7, 11) is 2.60. The molecule has 0 aliphatic rings. The van der Waals surface area contributed by atoms with Crippen molar-refractivity contribution in [1.29, 1.82) is 0 Å². The highest BCUT2D eigenvalue weighted by atomic mass is 35.5. The molecule has 114 valence electrons. The van der Waals surface area contributed by atoms with Crippen molar-refractivity contribution in [3.05, 3.63) is 46.6 Å². The van der Waals surface area contributed by atoms with Crippen LogP contribution < -0.4 is 4.74 Å². The molecular formula is C15H12ClNO5. The molecule has 22 heavy (non-hydrogen) atoms. The lowest BCUT2D eigenvalue weighted by Crippen LogP contribution is -2.04. The Balaban J connectivity index is 2.58. The third-order valence-corrected chi connectivity index (χ3v) is 3.30. The fraction of sp³-hybridized carbons (Fsp3) is 0.133. The monoisotopic (exact) mass is 321 g/mol. The maximum atomic E-state index is 11.6. The highest BCUT2D eigenvalue weighted by molar-refractivity contribution is 6.33. The van der Waals surface area contributed by atoms with Gasteiger partial charge in [-0.25, -0.2) is 14.6 Å². The molecule has 0 saturated heterocycles. The van der Waals surface area contributed by atoms with Gasteiger partial charge < -0.3 is 14.6 Å². The quantitative estimate of drug-likeness (QED) is 0.871. The molecule has 0 spiro atoms. The van der Waals surface area contributed by atoms with Crippen LogP contribution in [0.25, 0.3) is 11.1 Å². The lowest BCUT2D eigenvalue weighted by atomic mass is 10.0. The van der Waals surface area contributed by atoms with Crippen molar-refractivity contribution in [2.45, 2.75) is 0 Å². The van der Waals surface area contributed by atoms with Crippen LogP contribution >= 0.6 is 11.6 Å². The normalized spacial score (nSPS) is 10.1. The van der Waals surface area contributed by atoms with Gasteiger partial charge >= 0.3 is 11.9 Å². The SMILES string of the molecule is COC(=O)c1ccc(Cl)c(-c2cnc(OC)c(C(=O)O)c2)c1. The number of carbonyl (C=O) groups is 2. The van der Waals surface area contributed by atoms with Gasteiger partial charge in [0.15, 0.2) is 0 Å². The Morgan fingerprint density at radius 2 is 1.95 bits per heavy atom. The number of methoxy groups -OCH3 is 2. The fourth-order valence-corrected chi connectivity index (χ4v) is 2.13. The highest BCUT2D eigenvalue weighted by Gasteiger charge is 2.16. The van der Waals surface area contributed by atoms with E-state index < -0.39 is 11.9 Å². The number of aromatic nitrogens is 1. The zero-order valence-corrected chi connectivity index (χ0v) is 12.5. The van der Waals surface area contributed by atoms with Crippen molar-refractivity contribution in [2.24, 2.45) is 0 Å². The molecule has 0 amide bonds. The summed E-state index contributed by atoms with van der Waals surface area (Å²) in [4.78, 5) is 26.8. The average Bonchev–Trinajstić information content (AvgIpc) is 2.53. The summed E-state index contributed by atoms with van der Waals surface area (Å²) in [6.45, 7) is 0. The third kappa shape index (κ3) is 3.01. The van der Waals surface area contributed by atoms with Crippen molar-refractivity contribution in [2.75, 3.05) is 14.2 Å². The van der Waals surface area contributed by atoms with E-state index in [0.717, 1.165) is 0 Å². The second-order valence-corrected chi connectivity index (χ2v) is 4.68. The molecule has 6 nitrogen and oxygen atoms in total. The molecule has 1 aromatic carbocycles. The summed E-state index contributed by atoms with van der Waals surface area (Å²) in [5.74, 6) is -1.69. The number of nitrogens with zero attached hydrogens (tertiary/aromatic N) is 1. The molecule has 7 heteroatoms. The number of esters is 1. The van der Waals surface area contributed by atoms with Crippen LogP contribution in [-0.2, 0) is 4.74 Å². The first-order chi connectivity index (χ1) is 10.5. The number of carboxylic acids is 1. The second kappa shape index (κ2) is 6.44. The zero-order chi connectivity index (χ0) is 16.3. The molecule has 0 fully saturated rings. The summed E-state index contributed by atoms with van der Waals surface area (Å²) < 4.78 is 9.56. The molecule has 2 aromatic rings. The predicted molar refractivity (Wildman–Crippen MR) is 79.5 cm³/mol. The summed E-state index contributed by atoms with van der Waals surface area (Å²) in [5, 5.41) is 9.55. The Hall–Kier alpha value is -2.60. The fourth-order valence-electron chi connectivity index (χ4n) is 1.91. The van der Waals surface area contributed by atoms with Crippen LogP contribution in [0.2, 0.25) is 5.02 Å². The minimum atomic E-state index is -1.17. The van der Waals surface area contributed by atoms with E-state index in [2.05, 4.69) is 9.72 Å². The number of carbonyl (C=O) groups excluding carboxylic acids is 1. The van der Waals surface area contributed by atoms with E-state index in [1.807, 2.05) is 0 Å². The molecule has 0 radical (unpaired) electrons. The molecular weight excluding hydrogens is 310 g/mol. The molecule has 1 aromatic heterocycles. The van der Waals surface area contributed by atoms with E-state index in [0.29, 0.717) is 21.7 Å². The Morgan fingerprint density at radius 1 is 1.23 bits per heavy atom. The van der Waals surface area contributed by atoms with Gasteiger partial charge in [0.2, 0.25) is 5.88 Å². The molecule has 0 bridgehead atoms. The molecule has 0 atom stereocenters. The van der Waals surface area contributed by atoms with Gasteiger partial charge in [-0.15, -0.1) is 0 Å². The van der Waals surface area contributed by atoms with Gasteiger partial charge in [-0.3, -0.25) is 0 Å². The summed E-state index contributed by atoms with van der Waals surface area (Å²) >= 11 is 6.13. The van der Waals surface area contributed by atoms with Crippen LogP contribution in [-0.4, -0.2) is 36.2 Å². The Morgan fingerprint density at radius 3 is 2.55 bits per heavy atom. The van der Waals surface area contributed by atoms with E-state index in [1.54, 1.807) is 0 Å². The van der Waals surface area contributed by atoms with Gasteiger partial charge in [-0.1, -0.05) is 11.6 Å². The summed E-state index contributed by atoms with van der Waals surface area (Å²) in [6.07, 6.45) is 1.42. The Labute approximate surface area is 131 Å². The largest absolute Gasteiger partial charge is 0.480 e. The van der Waals surface area contributed by atoms with Gasteiger partial charge in [0.25, 0.3) is 0 Å². The second-order valence-electron chi connectivity index (χ2n) is 4.27. The minimum Gasteiger partial charge on any atom is -0.480 e. The number of aromatic carboxylic acids is 1. The standard InChI is InChI=1S/C15H12ClNO5/c1-21-13-11(14(18)19)6-9(7-17-13)10-5-8(15(20)22-2)3-4-12(10)16/h3-7H,1-2H3,(H,18,19). The first-order valence-electron chi connectivity index (χ1n) is 6.13. The van der Waals surface area contributed by atoms with Crippen LogP contribution in [0.3, 0.4) is 0 Å². The topological polar surface area (TPSA) is 85.7 Å². The lowest BCUT2D eigenvalue weighted by Gasteiger charge is -2.09. The van der Waals surface area contributed by atoms with Gasteiger partial charge in [0, 0.05) is 22.3 Å². The Bertz CT molecular complexity index is 745. The van der Waals surface area contributed by atoms with E-state index >= 15 is 0 Å². The van der Waals surface area contributed by atoms with Crippen LogP contribution in [0, 0.1) is 0 Å². The molecule has 0 aliphatic carbocycles. The third-order valence-electron chi connectivity index (χ3n) is 2.97. The maximum Gasteiger partial charge on any atom is 0.341 e. The van der Waals surface area contributed by atoms with Crippen molar-refractivity contribution in [1.82, 2.24) is 4.98 Å². The number of carboxylic acid groups (broad SMARTS) is 1. The zero-order valence-electron chi connectivity index (χ0n) is 11.8. The smallest absolute Gasteiger partial charge is 0.341 e. The molecule has 0 aliphatic heterocycles. The number of benzene rings is 1. The first kappa shape index (κ1) is 15.8. The van der Waals surface area contributed by atoms with Crippen molar-refractivity contribution in [3.8, 4) is 17.0 Å². The number of ether oxygens (including phenoxy) is 2. The number of halogens is 1. The van der Waals surface area contributed by atoms with Crippen LogP contribution in [0.4, 0.5) is 0 Å². The molecule has 0 saturated carbocycles. The number of rotatable bonds is 4. The number of pyridine rings is 1. The molecule has 2 rings (SSSR count). The summed E-state index contributed by atoms with van der Waals surface area (Å²) in [6, 6.07) is 5.96. The minimum absolute atomic E-state index is 0.00325. The summed E-state index contributed by atoms with van der Waals surface area (Å²) in [5.41, 5.74) is 1.13. The van der Waals surface area contributed by atoms with Gasteiger partial charge in [-0.05, 0) is 24.3 Å². The highest BCUT2D eigenvalue weighted by Crippen LogP contribution is 2.31. The van der Waals surface area contributed by atoms with Gasteiger partial charge in [-0.2, -0.15) is 0 Å². The van der Waals surface area contributed by atoms with Gasteiger partial charge in [0.05, 0.1) is 19.8 Å². The van der Waals surface area contributed by atoms with E-state index in [9.17, 15) is 14.7 Å². The lowest BCUT2D eigenvalue weighted by molar-refractivity contribution is 0.0599. The van der Waals surface area contributed by atoms with Gasteiger partial charge in [0.1, 0.15) is 5.56 Å². The van der Waals surface area contributed by atoms with E-state index in [1.165, 1.54) is 44.7 Å². The Kier molecular flexibility index (Phi) is 4.62. The van der Waals surface area contributed by atoms with Crippen molar-refractivity contribution in [3.63, 3.8) is 0 Å². The van der Waals surface area contributed by atoms with E-state index in [4.69, 9.17) is 16.3 Å². The number of hydrogen-bond donors (Lipinski definition) is 1. The van der Waals surface area contributed by atoms with E-state index in [-0.39, 0.29) is 11.4 Å². The van der Waals surface area contributed by atoms with Crippen molar-refractivity contribution >= 4 is 23.5 Å².